The number of hydrogen-bond donors (Lipinski definition) is 1. The predicted molar refractivity (Wildman–Crippen MR) is 64.9 cm³/mol. The van der Waals surface area contributed by atoms with Crippen molar-refractivity contribution in [3.05, 3.63) is 35.9 Å². The van der Waals surface area contributed by atoms with Crippen molar-refractivity contribution in [1.82, 2.24) is 0 Å². The van der Waals surface area contributed by atoms with Crippen LogP contribution in [-0.4, -0.2) is 11.2 Å². The van der Waals surface area contributed by atoms with Gasteiger partial charge in [0, 0.05) is 0 Å². The van der Waals surface area contributed by atoms with E-state index in [2.05, 4.69) is 45.0 Å². The van der Waals surface area contributed by atoms with E-state index in [4.69, 9.17) is 0 Å². The van der Waals surface area contributed by atoms with Crippen LogP contribution in [-0.2, 0) is 0 Å². The Balaban J connectivity index is 2.45. The fourth-order valence-corrected chi connectivity index (χ4v) is 1.97. The predicted octanol–water partition coefficient (Wildman–Crippen LogP) is 3.59. The molecular weight excluding hydrogens is 184 g/mol. The molecule has 15 heavy (non-hydrogen) atoms. The third kappa shape index (κ3) is 4.48. The number of benzene rings is 1. The van der Waals surface area contributed by atoms with Gasteiger partial charge in [-0.1, -0.05) is 51.1 Å². The fraction of sp³-hybridized carbons (Fsp3) is 0.571. The number of aliphatic hydroxyl groups is 1. The lowest BCUT2D eigenvalue weighted by Crippen LogP contribution is -2.13. The van der Waals surface area contributed by atoms with E-state index in [1.165, 1.54) is 5.56 Å². The summed E-state index contributed by atoms with van der Waals surface area (Å²) in [5, 5.41) is 9.85. The molecular formula is C14H22O. The molecule has 0 radical (unpaired) electrons. The summed E-state index contributed by atoms with van der Waals surface area (Å²) in [7, 11) is 0. The van der Waals surface area contributed by atoms with Gasteiger partial charge in [-0.2, -0.15) is 0 Å². The molecule has 0 heterocycles. The van der Waals surface area contributed by atoms with Crippen LogP contribution in [0.5, 0.6) is 0 Å². The maximum atomic E-state index is 9.85. The van der Waals surface area contributed by atoms with Gasteiger partial charge in [0.1, 0.15) is 0 Å². The minimum Gasteiger partial charge on any atom is -0.393 e. The maximum absolute atomic E-state index is 9.85. The molecule has 0 amide bonds. The molecule has 0 saturated carbocycles. The highest BCUT2D eigenvalue weighted by Gasteiger charge is 2.12. The Morgan fingerprint density at radius 2 is 1.60 bits per heavy atom. The second kappa shape index (κ2) is 5.92. The fourth-order valence-electron chi connectivity index (χ4n) is 1.97. The summed E-state index contributed by atoms with van der Waals surface area (Å²) in [6, 6.07) is 10.4. The minimum absolute atomic E-state index is 0.166. The van der Waals surface area contributed by atoms with Crippen LogP contribution >= 0.6 is 0 Å². The molecule has 0 saturated heterocycles. The minimum atomic E-state index is -0.166. The Bertz CT molecular complexity index is 266. The smallest absolute Gasteiger partial charge is 0.0548 e. The quantitative estimate of drug-likeness (QED) is 0.780. The van der Waals surface area contributed by atoms with E-state index >= 15 is 0 Å². The van der Waals surface area contributed by atoms with Crippen molar-refractivity contribution in [3.8, 4) is 0 Å². The molecule has 1 N–H and O–H groups in total. The number of hydrogen-bond acceptors (Lipinski definition) is 1. The van der Waals surface area contributed by atoms with Crippen LogP contribution in [0.2, 0.25) is 0 Å². The molecule has 1 rings (SSSR count). The van der Waals surface area contributed by atoms with Gasteiger partial charge >= 0.3 is 0 Å². The first kappa shape index (κ1) is 12.3. The van der Waals surface area contributed by atoms with Crippen molar-refractivity contribution < 1.29 is 5.11 Å². The molecule has 0 aliphatic carbocycles. The molecule has 0 bridgehead atoms. The van der Waals surface area contributed by atoms with Crippen LogP contribution < -0.4 is 0 Å². The third-order valence-electron chi connectivity index (χ3n) is 2.74. The summed E-state index contributed by atoms with van der Waals surface area (Å²) >= 11 is 0. The van der Waals surface area contributed by atoms with Gasteiger partial charge in [-0.25, -0.2) is 0 Å². The van der Waals surface area contributed by atoms with Crippen molar-refractivity contribution in [2.24, 2.45) is 5.92 Å². The van der Waals surface area contributed by atoms with Gasteiger partial charge in [0.15, 0.2) is 0 Å². The molecule has 0 aromatic heterocycles. The molecule has 1 unspecified atom stereocenters. The summed E-state index contributed by atoms with van der Waals surface area (Å²) in [6.45, 7) is 6.48. The average Bonchev–Trinajstić information content (AvgIpc) is 2.17. The lowest BCUT2D eigenvalue weighted by molar-refractivity contribution is 0.132. The van der Waals surface area contributed by atoms with E-state index in [9.17, 15) is 5.11 Å². The monoisotopic (exact) mass is 206 g/mol. The van der Waals surface area contributed by atoms with E-state index < -0.39 is 0 Å². The first-order valence-electron chi connectivity index (χ1n) is 5.82. The van der Waals surface area contributed by atoms with Crippen molar-refractivity contribution in [2.45, 2.75) is 45.6 Å². The average molecular weight is 206 g/mol. The van der Waals surface area contributed by atoms with Gasteiger partial charge < -0.3 is 5.11 Å². The van der Waals surface area contributed by atoms with E-state index in [1.807, 2.05) is 6.07 Å². The SMILES string of the molecule is CC(C)C[C@@H](O)CC(C)c1ccccc1. The summed E-state index contributed by atoms with van der Waals surface area (Å²) in [5.41, 5.74) is 1.32. The molecule has 1 heteroatoms. The first-order valence-corrected chi connectivity index (χ1v) is 5.82. The summed E-state index contributed by atoms with van der Waals surface area (Å²) in [6.07, 6.45) is 1.60. The van der Waals surface area contributed by atoms with Crippen molar-refractivity contribution in [1.29, 1.82) is 0 Å². The second-order valence-electron chi connectivity index (χ2n) is 4.83. The molecule has 0 fully saturated rings. The van der Waals surface area contributed by atoms with Gasteiger partial charge in [0.05, 0.1) is 6.10 Å². The normalized spacial score (nSPS) is 15.3. The van der Waals surface area contributed by atoms with Crippen molar-refractivity contribution in [2.75, 3.05) is 0 Å². The van der Waals surface area contributed by atoms with Crippen LogP contribution in [0.1, 0.15) is 45.1 Å². The Kier molecular flexibility index (Phi) is 4.83. The molecule has 1 nitrogen and oxygen atoms in total. The zero-order valence-corrected chi connectivity index (χ0v) is 9.98. The van der Waals surface area contributed by atoms with Crippen molar-refractivity contribution in [3.63, 3.8) is 0 Å². The van der Waals surface area contributed by atoms with Gasteiger partial charge in [-0.05, 0) is 30.2 Å². The van der Waals surface area contributed by atoms with E-state index in [0.29, 0.717) is 11.8 Å². The van der Waals surface area contributed by atoms with Crippen molar-refractivity contribution >= 4 is 0 Å². The van der Waals surface area contributed by atoms with Gasteiger partial charge in [0.25, 0.3) is 0 Å². The Hall–Kier alpha value is -0.820. The summed E-state index contributed by atoms with van der Waals surface area (Å²) < 4.78 is 0. The molecule has 0 aliphatic heterocycles. The number of rotatable bonds is 5. The standard InChI is InChI=1S/C14H22O/c1-11(2)9-14(15)10-12(3)13-7-5-4-6-8-13/h4-8,11-12,14-15H,9-10H2,1-3H3/t12?,14-/m1/s1. The maximum Gasteiger partial charge on any atom is 0.0548 e. The van der Waals surface area contributed by atoms with Crippen LogP contribution in [0, 0.1) is 5.92 Å². The molecule has 84 valence electrons. The molecule has 0 aliphatic rings. The Morgan fingerprint density at radius 3 is 2.13 bits per heavy atom. The van der Waals surface area contributed by atoms with Gasteiger partial charge in [0.2, 0.25) is 0 Å². The Labute approximate surface area is 93.1 Å². The van der Waals surface area contributed by atoms with Crippen LogP contribution in [0.15, 0.2) is 30.3 Å². The second-order valence-corrected chi connectivity index (χ2v) is 4.83. The zero-order chi connectivity index (χ0) is 11.3. The lowest BCUT2D eigenvalue weighted by Gasteiger charge is -2.18. The highest BCUT2D eigenvalue weighted by atomic mass is 16.3. The van der Waals surface area contributed by atoms with Crippen LogP contribution in [0.25, 0.3) is 0 Å². The highest BCUT2D eigenvalue weighted by molar-refractivity contribution is 5.18. The van der Waals surface area contributed by atoms with Gasteiger partial charge in [-0.15, -0.1) is 0 Å². The molecule has 1 aromatic carbocycles. The number of aliphatic hydroxyl groups excluding tert-OH is 1. The third-order valence-corrected chi connectivity index (χ3v) is 2.74. The van der Waals surface area contributed by atoms with E-state index in [0.717, 1.165) is 12.8 Å². The van der Waals surface area contributed by atoms with Gasteiger partial charge in [-0.3, -0.25) is 0 Å². The molecule has 1 aromatic rings. The largest absolute Gasteiger partial charge is 0.393 e. The Morgan fingerprint density at radius 1 is 1.00 bits per heavy atom. The first-order chi connectivity index (χ1) is 7.09. The summed E-state index contributed by atoms with van der Waals surface area (Å²) in [4.78, 5) is 0. The molecule has 2 atom stereocenters. The topological polar surface area (TPSA) is 20.2 Å². The zero-order valence-electron chi connectivity index (χ0n) is 9.98. The lowest BCUT2D eigenvalue weighted by atomic mass is 9.92. The summed E-state index contributed by atoms with van der Waals surface area (Å²) in [5.74, 6) is 1.02. The van der Waals surface area contributed by atoms with E-state index in [-0.39, 0.29) is 6.10 Å². The molecule has 0 spiro atoms. The van der Waals surface area contributed by atoms with Crippen LogP contribution in [0.3, 0.4) is 0 Å². The highest BCUT2D eigenvalue weighted by Crippen LogP contribution is 2.22. The van der Waals surface area contributed by atoms with Crippen LogP contribution in [0.4, 0.5) is 0 Å². The van der Waals surface area contributed by atoms with E-state index in [1.54, 1.807) is 0 Å².